The van der Waals surface area contributed by atoms with E-state index in [1.165, 1.54) is 22.3 Å². The molecule has 4 heteroatoms. The Morgan fingerprint density at radius 2 is 1.81 bits per heavy atom. The molecule has 0 heterocycles. The third-order valence-electron chi connectivity index (χ3n) is 5.33. The Kier molecular flexibility index (Phi) is 6.28. The smallest absolute Gasteiger partial charge is 0.306 e. The molecule has 142 valence electrons. The van der Waals surface area contributed by atoms with Gasteiger partial charge in [-0.25, -0.2) is 0 Å². The molecule has 0 spiro atoms. The zero-order chi connectivity index (χ0) is 19.2. The molecule has 1 unspecified atom stereocenters. The van der Waals surface area contributed by atoms with Gasteiger partial charge < -0.3 is 10.5 Å². The molecule has 1 atom stereocenters. The number of amidine groups is 1. The van der Waals surface area contributed by atoms with Crippen molar-refractivity contribution in [2.24, 2.45) is 11.7 Å². The number of hydrogen-bond donors (Lipinski definition) is 2. The van der Waals surface area contributed by atoms with Gasteiger partial charge in [0.15, 0.2) is 0 Å². The van der Waals surface area contributed by atoms with E-state index >= 15 is 0 Å². The number of nitrogen functional groups attached to an aromatic ring is 1. The lowest BCUT2D eigenvalue weighted by atomic mass is 9.81. The monoisotopic (exact) mass is 364 g/mol. The first-order chi connectivity index (χ1) is 13.0. The number of hydrogen-bond acceptors (Lipinski definition) is 3. The highest BCUT2D eigenvalue weighted by atomic mass is 16.5. The summed E-state index contributed by atoms with van der Waals surface area (Å²) in [6.45, 7) is 2.31. The maximum absolute atomic E-state index is 11.8. The van der Waals surface area contributed by atoms with E-state index in [0.717, 1.165) is 37.7 Å². The molecule has 2 aromatic rings. The van der Waals surface area contributed by atoms with Crippen molar-refractivity contribution in [1.82, 2.24) is 0 Å². The fourth-order valence-electron chi connectivity index (χ4n) is 3.81. The Bertz CT molecular complexity index is 812. The van der Waals surface area contributed by atoms with Gasteiger partial charge in [-0.1, -0.05) is 42.5 Å². The number of rotatable bonds is 7. The maximum atomic E-state index is 11.8. The molecule has 0 amide bonds. The highest BCUT2D eigenvalue weighted by molar-refractivity contribution is 5.94. The zero-order valence-electron chi connectivity index (χ0n) is 16.0. The van der Waals surface area contributed by atoms with Crippen molar-refractivity contribution in [2.75, 3.05) is 6.61 Å². The molecular formula is C23H28N2O2. The molecule has 2 aromatic carbocycles. The Balaban J connectivity index is 1.60. The van der Waals surface area contributed by atoms with E-state index in [1.54, 1.807) is 0 Å². The Morgan fingerprint density at radius 3 is 2.52 bits per heavy atom. The second-order valence-corrected chi connectivity index (χ2v) is 7.33. The molecule has 0 aromatic heterocycles. The summed E-state index contributed by atoms with van der Waals surface area (Å²) in [5.74, 6) is 0.427. The number of ether oxygens (including phenoxy) is 1. The number of aryl methyl sites for hydroxylation is 3. The lowest BCUT2D eigenvalue weighted by molar-refractivity contribution is -0.144. The number of nitrogens with one attached hydrogen (secondary N) is 1. The van der Waals surface area contributed by atoms with Crippen LogP contribution in [0, 0.1) is 11.3 Å². The van der Waals surface area contributed by atoms with Crippen LogP contribution >= 0.6 is 0 Å². The van der Waals surface area contributed by atoms with E-state index < -0.39 is 0 Å². The number of esters is 1. The lowest BCUT2D eigenvalue weighted by Gasteiger charge is -2.24. The molecule has 0 fully saturated rings. The topological polar surface area (TPSA) is 76.2 Å². The molecule has 0 saturated heterocycles. The molecular weight excluding hydrogens is 336 g/mol. The first-order valence-corrected chi connectivity index (χ1v) is 9.74. The van der Waals surface area contributed by atoms with Crippen molar-refractivity contribution in [3.05, 3.63) is 70.3 Å². The summed E-state index contributed by atoms with van der Waals surface area (Å²) >= 11 is 0. The minimum Gasteiger partial charge on any atom is -0.466 e. The summed E-state index contributed by atoms with van der Waals surface area (Å²) < 4.78 is 5.11. The van der Waals surface area contributed by atoms with Crippen molar-refractivity contribution < 1.29 is 9.53 Å². The zero-order valence-corrected chi connectivity index (χ0v) is 16.0. The SMILES string of the molecule is CCOC(=O)CC1CCc2ccc(CCc3ccc(C(=N)N)cc3)cc2C1. The van der Waals surface area contributed by atoms with Crippen LogP contribution in [0.4, 0.5) is 0 Å². The van der Waals surface area contributed by atoms with Gasteiger partial charge in [0.25, 0.3) is 0 Å². The molecule has 4 nitrogen and oxygen atoms in total. The molecule has 0 radical (unpaired) electrons. The van der Waals surface area contributed by atoms with Gasteiger partial charge >= 0.3 is 5.97 Å². The molecule has 3 rings (SSSR count). The van der Waals surface area contributed by atoms with Crippen LogP contribution in [0.25, 0.3) is 0 Å². The standard InChI is InChI=1S/C23H28N2O2/c1-2-27-22(26)15-18-8-10-19-9-7-17(13-21(19)14-18)4-3-16-5-11-20(12-6-16)23(24)25/h5-7,9,11-13,18H,2-4,8,10,14-15H2,1H3,(H3,24,25). The maximum Gasteiger partial charge on any atom is 0.306 e. The first kappa shape index (κ1) is 19.2. The van der Waals surface area contributed by atoms with E-state index in [2.05, 4.69) is 18.2 Å². The quantitative estimate of drug-likeness (QED) is 0.445. The average molecular weight is 364 g/mol. The minimum absolute atomic E-state index is 0.0730. The van der Waals surface area contributed by atoms with Gasteiger partial charge in [-0.05, 0) is 67.2 Å². The van der Waals surface area contributed by atoms with Gasteiger partial charge in [0.2, 0.25) is 0 Å². The molecule has 0 bridgehead atoms. The van der Waals surface area contributed by atoms with Crippen LogP contribution < -0.4 is 5.73 Å². The summed E-state index contributed by atoms with van der Waals surface area (Å²) in [6.07, 6.45) is 5.55. The number of benzene rings is 2. The van der Waals surface area contributed by atoms with Crippen LogP contribution in [0.2, 0.25) is 0 Å². The van der Waals surface area contributed by atoms with Crippen LogP contribution in [-0.4, -0.2) is 18.4 Å². The van der Waals surface area contributed by atoms with Crippen LogP contribution in [0.5, 0.6) is 0 Å². The Morgan fingerprint density at radius 1 is 1.11 bits per heavy atom. The highest BCUT2D eigenvalue weighted by Gasteiger charge is 2.21. The van der Waals surface area contributed by atoms with Gasteiger partial charge in [-0.3, -0.25) is 10.2 Å². The normalized spacial score (nSPS) is 15.8. The van der Waals surface area contributed by atoms with Gasteiger partial charge in [-0.2, -0.15) is 0 Å². The van der Waals surface area contributed by atoms with E-state index in [4.69, 9.17) is 15.9 Å². The van der Waals surface area contributed by atoms with Gasteiger partial charge in [-0.15, -0.1) is 0 Å². The average Bonchev–Trinajstić information content (AvgIpc) is 2.66. The summed E-state index contributed by atoms with van der Waals surface area (Å²) in [4.78, 5) is 11.8. The largest absolute Gasteiger partial charge is 0.466 e. The fourth-order valence-corrected chi connectivity index (χ4v) is 3.81. The first-order valence-electron chi connectivity index (χ1n) is 9.74. The Hall–Kier alpha value is -2.62. The molecule has 3 N–H and O–H groups in total. The van der Waals surface area contributed by atoms with Crippen molar-refractivity contribution in [2.45, 2.75) is 45.4 Å². The highest BCUT2D eigenvalue weighted by Crippen LogP contribution is 2.29. The summed E-state index contributed by atoms with van der Waals surface area (Å²) in [7, 11) is 0. The minimum atomic E-state index is -0.0730. The van der Waals surface area contributed by atoms with Crippen molar-refractivity contribution in [3.8, 4) is 0 Å². The molecule has 1 aliphatic rings. The lowest BCUT2D eigenvalue weighted by Crippen LogP contribution is -2.19. The number of fused-ring (bicyclic) bond motifs is 1. The van der Waals surface area contributed by atoms with Gasteiger partial charge in [0, 0.05) is 12.0 Å². The van der Waals surface area contributed by atoms with E-state index in [0.29, 0.717) is 18.9 Å². The van der Waals surface area contributed by atoms with Gasteiger partial charge in [0.05, 0.1) is 6.61 Å². The predicted molar refractivity (Wildman–Crippen MR) is 108 cm³/mol. The number of nitrogens with two attached hydrogens (primary N) is 1. The van der Waals surface area contributed by atoms with Crippen LogP contribution in [0.3, 0.4) is 0 Å². The summed E-state index contributed by atoms with van der Waals surface area (Å²) in [6, 6.07) is 14.7. The van der Waals surface area contributed by atoms with E-state index in [1.807, 2.05) is 31.2 Å². The Labute approximate surface area is 161 Å². The molecule has 0 aliphatic heterocycles. The molecule has 0 saturated carbocycles. The fraction of sp³-hybridized carbons (Fsp3) is 0.391. The van der Waals surface area contributed by atoms with Crippen LogP contribution in [-0.2, 0) is 35.2 Å². The molecule has 1 aliphatic carbocycles. The van der Waals surface area contributed by atoms with E-state index in [9.17, 15) is 4.79 Å². The predicted octanol–water partition coefficient (Wildman–Crippen LogP) is 3.81. The number of carbonyl (C=O) groups excluding carboxylic acids is 1. The summed E-state index contributed by atoms with van der Waals surface area (Å²) in [5, 5.41) is 7.46. The third-order valence-corrected chi connectivity index (χ3v) is 5.33. The van der Waals surface area contributed by atoms with Crippen molar-refractivity contribution in [3.63, 3.8) is 0 Å². The van der Waals surface area contributed by atoms with Gasteiger partial charge in [0.1, 0.15) is 5.84 Å². The number of carbonyl (C=O) groups is 1. The second-order valence-electron chi connectivity index (χ2n) is 7.33. The summed E-state index contributed by atoms with van der Waals surface area (Å²) in [5.41, 5.74) is 11.7. The second kappa shape index (κ2) is 8.85. The van der Waals surface area contributed by atoms with Crippen molar-refractivity contribution >= 4 is 11.8 Å². The van der Waals surface area contributed by atoms with E-state index in [-0.39, 0.29) is 11.8 Å². The molecule has 27 heavy (non-hydrogen) atoms. The van der Waals surface area contributed by atoms with Crippen molar-refractivity contribution in [1.29, 1.82) is 5.41 Å². The van der Waals surface area contributed by atoms with Crippen LogP contribution in [0.1, 0.15) is 47.6 Å². The third kappa shape index (κ3) is 5.19. The van der Waals surface area contributed by atoms with Crippen LogP contribution in [0.15, 0.2) is 42.5 Å².